The van der Waals surface area contributed by atoms with Gasteiger partial charge in [0.2, 0.25) is 5.91 Å². The first-order valence-corrected chi connectivity index (χ1v) is 15.1. The van der Waals surface area contributed by atoms with Gasteiger partial charge in [-0.15, -0.1) is 0 Å². The van der Waals surface area contributed by atoms with E-state index in [2.05, 4.69) is 27.4 Å². The maximum Gasteiger partial charge on any atom is 0.409 e. The molecule has 12 nitrogen and oxygen atoms in total. The first kappa shape index (κ1) is 31.7. The van der Waals surface area contributed by atoms with Crippen molar-refractivity contribution < 1.29 is 29.0 Å². The number of carboxylic acids is 1. The molecule has 12 heteroatoms. The van der Waals surface area contributed by atoms with E-state index in [4.69, 9.17) is 4.74 Å². The molecule has 4 rings (SSSR count). The Morgan fingerprint density at radius 3 is 2.35 bits per heavy atom. The molecule has 0 bridgehead atoms. The van der Waals surface area contributed by atoms with Crippen LogP contribution in [0.5, 0.6) is 0 Å². The number of aromatic nitrogens is 1. The number of hydrogen-bond donors (Lipinski definition) is 3. The summed E-state index contributed by atoms with van der Waals surface area (Å²) in [5.41, 5.74) is 2.49. The number of nitrogens with one attached hydrogen (secondary N) is 2. The van der Waals surface area contributed by atoms with Gasteiger partial charge in [-0.1, -0.05) is 50.1 Å². The van der Waals surface area contributed by atoms with Crippen LogP contribution < -0.4 is 15.5 Å². The zero-order valence-electron chi connectivity index (χ0n) is 24.8. The molecule has 0 saturated carbocycles. The molecule has 1 atom stereocenters. The quantitative estimate of drug-likeness (QED) is 0.316. The van der Waals surface area contributed by atoms with Crippen molar-refractivity contribution in [2.75, 3.05) is 63.9 Å². The molecule has 0 aliphatic carbocycles. The van der Waals surface area contributed by atoms with E-state index in [-0.39, 0.29) is 37.5 Å². The summed E-state index contributed by atoms with van der Waals surface area (Å²) in [6, 6.07) is 12.2. The molecule has 0 radical (unpaired) electrons. The number of ether oxygens (including phenoxy) is 1. The van der Waals surface area contributed by atoms with Crippen molar-refractivity contribution in [3.8, 4) is 11.3 Å². The summed E-state index contributed by atoms with van der Waals surface area (Å²) in [6.45, 7) is 6.75. The Morgan fingerprint density at radius 2 is 1.67 bits per heavy atom. The van der Waals surface area contributed by atoms with Gasteiger partial charge in [0.05, 0.1) is 12.3 Å². The van der Waals surface area contributed by atoms with E-state index in [1.165, 1.54) is 0 Å². The van der Waals surface area contributed by atoms with Gasteiger partial charge in [0, 0.05) is 70.0 Å². The number of hydrogen-bond acceptors (Lipinski definition) is 8. The van der Waals surface area contributed by atoms with Gasteiger partial charge in [-0.05, 0) is 25.0 Å². The number of unbranched alkanes of at least 4 members (excludes halogenated alkanes) is 2. The van der Waals surface area contributed by atoms with Crippen molar-refractivity contribution in [2.45, 2.75) is 45.1 Å². The largest absolute Gasteiger partial charge is 0.481 e. The Kier molecular flexibility index (Phi) is 11.7. The van der Waals surface area contributed by atoms with Crippen LogP contribution in [-0.4, -0.2) is 109 Å². The summed E-state index contributed by atoms with van der Waals surface area (Å²) in [6.07, 6.45) is 2.08. The van der Waals surface area contributed by atoms with Crippen molar-refractivity contribution in [1.82, 2.24) is 25.4 Å². The van der Waals surface area contributed by atoms with Gasteiger partial charge in [-0.2, -0.15) is 0 Å². The molecule has 2 aromatic rings. The number of carbonyl (C=O) groups excluding carboxylic acids is 3. The molecule has 2 fully saturated rings. The fourth-order valence-electron chi connectivity index (χ4n) is 5.18. The molecule has 3 N–H and O–H groups in total. The van der Waals surface area contributed by atoms with Gasteiger partial charge in [-0.3, -0.25) is 14.4 Å². The number of amides is 3. The van der Waals surface area contributed by atoms with Crippen LogP contribution in [0.25, 0.3) is 11.3 Å². The van der Waals surface area contributed by atoms with Gasteiger partial charge in [0.1, 0.15) is 11.7 Å². The summed E-state index contributed by atoms with van der Waals surface area (Å²) < 4.78 is 5.34. The number of nitrogens with zero attached hydrogens (tertiary/aromatic N) is 4. The third-order valence-electron chi connectivity index (χ3n) is 7.67. The van der Waals surface area contributed by atoms with E-state index in [9.17, 15) is 24.3 Å². The smallest absolute Gasteiger partial charge is 0.409 e. The van der Waals surface area contributed by atoms with E-state index >= 15 is 0 Å². The third kappa shape index (κ3) is 9.15. The molecular weight excluding hydrogens is 552 g/mol. The minimum Gasteiger partial charge on any atom is -0.481 e. The lowest BCUT2D eigenvalue weighted by molar-refractivity contribution is -0.138. The van der Waals surface area contributed by atoms with Crippen molar-refractivity contribution in [3.63, 3.8) is 0 Å². The maximum atomic E-state index is 13.6. The van der Waals surface area contributed by atoms with Gasteiger partial charge in [0.15, 0.2) is 0 Å². The normalized spacial score (nSPS) is 16.0. The average molecular weight is 595 g/mol. The fraction of sp³-hybridized carbons (Fsp3) is 0.516. The average Bonchev–Trinajstić information content (AvgIpc) is 3.05. The van der Waals surface area contributed by atoms with Crippen LogP contribution in [0.1, 0.15) is 49.5 Å². The Morgan fingerprint density at radius 1 is 0.977 bits per heavy atom. The zero-order valence-corrected chi connectivity index (χ0v) is 24.8. The highest BCUT2D eigenvalue weighted by atomic mass is 16.6. The lowest BCUT2D eigenvalue weighted by Gasteiger charge is -2.36. The number of piperazine rings is 2. The predicted molar refractivity (Wildman–Crippen MR) is 162 cm³/mol. The summed E-state index contributed by atoms with van der Waals surface area (Å²) in [5, 5.41) is 15.4. The maximum absolute atomic E-state index is 13.6. The summed E-state index contributed by atoms with van der Waals surface area (Å²) in [5.74, 6) is -1.99. The number of rotatable bonds is 12. The lowest BCUT2D eigenvalue weighted by Crippen LogP contribution is -2.56. The molecule has 43 heavy (non-hydrogen) atoms. The Labute approximate surface area is 252 Å². The number of pyridine rings is 1. The molecule has 0 unspecified atom stereocenters. The van der Waals surface area contributed by atoms with Crippen LogP contribution in [0.15, 0.2) is 42.5 Å². The van der Waals surface area contributed by atoms with E-state index in [1.807, 2.05) is 36.4 Å². The second-order valence-corrected chi connectivity index (χ2v) is 10.8. The van der Waals surface area contributed by atoms with Crippen molar-refractivity contribution in [3.05, 3.63) is 48.2 Å². The number of anilines is 1. The van der Waals surface area contributed by atoms with Crippen molar-refractivity contribution in [1.29, 1.82) is 0 Å². The molecule has 2 aliphatic heterocycles. The second kappa shape index (κ2) is 15.9. The number of carbonyl (C=O) groups is 4. The van der Waals surface area contributed by atoms with Gasteiger partial charge in [0.25, 0.3) is 5.91 Å². The molecular formula is C31H42N6O6. The van der Waals surface area contributed by atoms with Crippen LogP contribution in [0.3, 0.4) is 0 Å². The number of carboxylic acid groups (broad SMARTS) is 1. The van der Waals surface area contributed by atoms with E-state index in [1.54, 1.807) is 15.9 Å². The monoisotopic (exact) mass is 594 g/mol. The highest BCUT2D eigenvalue weighted by Crippen LogP contribution is 2.25. The third-order valence-corrected chi connectivity index (χ3v) is 7.67. The van der Waals surface area contributed by atoms with Crippen LogP contribution in [0.2, 0.25) is 0 Å². The van der Waals surface area contributed by atoms with Gasteiger partial charge in [-0.25, -0.2) is 9.78 Å². The SMILES string of the molecule is CCCCCOC(=O)N1CCN(C(=O)[C@H](CCC(=O)O)NC(=O)c2cc(N3CCNCC3)cc(-c3ccccc3)n2)CC1. The zero-order chi connectivity index (χ0) is 30.6. The van der Waals surface area contributed by atoms with Crippen LogP contribution in [0.4, 0.5) is 10.5 Å². The summed E-state index contributed by atoms with van der Waals surface area (Å²) >= 11 is 0. The summed E-state index contributed by atoms with van der Waals surface area (Å²) in [7, 11) is 0. The molecule has 1 aromatic carbocycles. The first-order chi connectivity index (χ1) is 20.9. The highest BCUT2D eigenvalue weighted by molar-refractivity contribution is 5.97. The lowest BCUT2D eigenvalue weighted by atomic mass is 10.1. The molecule has 1 aromatic heterocycles. The minimum atomic E-state index is -1.06. The van der Waals surface area contributed by atoms with E-state index in [0.29, 0.717) is 25.4 Å². The summed E-state index contributed by atoms with van der Waals surface area (Å²) in [4.78, 5) is 60.9. The van der Waals surface area contributed by atoms with Crippen LogP contribution >= 0.6 is 0 Å². The topological polar surface area (TPSA) is 144 Å². The van der Waals surface area contributed by atoms with Gasteiger partial charge >= 0.3 is 12.1 Å². The standard InChI is InChI=1S/C31H42N6O6/c1-2-3-7-20-43-31(42)37-18-16-36(17-19-37)30(41)25(10-11-28(38)39)34-29(40)27-22-24(35-14-12-32-13-15-35)21-26(33-27)23-8-5-4-6-9-23/h4-6,8-9,21-22,25,32H,2-3,7,10-20H2,1H3,(H,34,40)(H,38,39)/t25-/m0/s1. The molecule has 2 saturated heterocycles. The van der Waals surface area contributed by atoms with Crippen LogP contribution in [0, 0.1) is 0 Å². The predicted octanol–water partition coefficient (Wildman–Crippen LogP) is 2.59. The van der Waals surface area contributed by atoms with E-state index in [0.717, 1.165) is 56.7 Å². The minimum absolute atomic E-state index is 0.0668. The van der Waals surface area contributed by atoms with Crippen molar-refractivity contribution in [2.24, 2.45) is 0 Å². The Hall–Kier alpha value is -4.19. The van der Waals surface area contributed by atoms with Gasteiger partial charge < -0.3 is 35.2 Å². The van der Waals surface area contributed by atoms with E-state index < -0.39 is 24.0 Å². The number of aliphatic carboxylic acids is 1. The Bertz CT molecular complexity index is 1240. The highest BCUT2D eigenvalue weighted by Gasteiger charge is 2.31. The van der Waals surface area contributed by atoms with Crippen molar-refractivity contribution >= 4 is 29.6 Å². The van der Waals surface area contributed by atoms with Crippen LogP contribution in [-0.2, 0) is 14.3 Å². The molecule has 232 valence electrons. The molecule has 0 spiro atoms. The number of benzene rings is 1. The molecule has 3 amide bonds. The first-order valence-electron chi connectivity index (χ1n) is 15.1. The molecule has 2 aliphatic rings. The second-order valence-electron chi connectivity index (χ2n) is 10.8. The Balaban J connectivity index is 1.47. The molecule has 3 heterocycles. The fourth-order valence-corrected chi connectivity index (χ4v) is 5.18.